The van der Waals surface area contributed by atoms with Crippen LogP contribution in [0.1, 0.15) is 13.3 Å². The Morgan fingerprint density at radius 3 is 2.53 bits per heavy atom. The SMILES string of the molecule is CCC(CO)C(=O)Nc1ccc(Br)cc1. The van der Waals surface area contributed by atoms with Gasteiger partial charge in [0.25, 0.3) is 0 Å². The Morgan fingerprint density at radius 2 is 2.07 bits per heavy atom. The summed E-state index contributed by atoms with van der Waals surface area (Å²) in [7, 11) is 0. The molecule has 1 rings (SSSR count). The van der Waals surface area contributed by atoms with Gasteiger partial charge in [-0.15, -0.1) is 0 Å². The molecule has 0 saturated heterocycles. The van der Waals surface area contributed by atoms with Crippen LogP contribution in [0.2, 0.25) is 0 Å². The van der Waals surface area contributed by atoms with E-state index in [2.05, 4.69) is 21.2 Å². The van der Waals surface area contributed by atoms with Crippen molar-refractivity contribution in [3.8, 4) is 0 Å². The van der Waals surface area contributed by atoms with Crippen LogP contribution in [0.5, 0.6) is 0 Å². The number of nitrogens with one attached hydrogen (secondary N) is 1. The van der Waals surface area contributed by atoms with Gasteiger partial charge in [-0.1, -0.05) is 22.9 Å². The van der Waals surface area contributed by atoms with Crippen molar-refractivity contribution >= 4 is 27.5 Å². The number of amides is 1. The molecule has 0 fully saturated rings. The highest BCUT2D eigenvalue weighted by atomic mass is 79.9. The van der Waals surface area contributed by atoms with Crippen molar-refractivity contribution in [2.24, 2.45) is 5.92 Å². The number of carbonyl (C=O) groups is 1. The van der Waals surface area contributed by atoms with Gasteiger partial charge in [-0.3, -0.25) is 4.79 Å². The second kappa shape index (κ2) is 5.88. The predicted octanol–water partition coefficient (Wildman–Crippen LogP) is 2.41. The predicted molar refractivity (Wildman–Crippen MR) is 63.6 cm³/mol. The first kappa shape index (κ1) is 12.2. The third kappa shape index (κ3) is 3.64. The first-order valence-corrected chi connectivity index (χ1v) is 5.64. The lowest BCUT2D eigenvalue weighted by Crippen LogP contribution is -2.24. The van der Waals surface area contributed by atoms with Crippen molar-refractivity contribution in [3.63, 3.8) is 0 Å². The third-order valence-corrected chi connectivity index (χ3v) is 2.72. The zero-order valence-electron chi connectivity index (χ0n) is 8.53. The van der Waals surface area contributed by atoms with Crippen molar-refractivity contribution < 1.29 is 9.90 Å². The van der Waals surface area contributed by atoms with E-state index >= 15 is 0 Å². The summed E-state index contributed by atoms with van der Waals surface area (Å²) >= 11 is 3.32. The van der Waals surface area contributed by atoms with E-state index in [1.54, 1.807) is 0 Å². The van der Waals surface area contributed by atoms with E-state index < -0.39 is 0 Å². The van der Waals surface area contributed by atoms with Crippen LogP contribution >= 0.6 is 15.9 Å². The highest BCUT2D eigenvalue weighted by molar-refractivity contribution is 9.10. The van der Waals surface area contributed by atoms with Gasteiger partial charge in [0.05, 0.1) is 12.5 Å². The van der Waals surface area contributed by atoms with Crippen molar-refractivity contribution in [2.45, 2.75) is 13.3 Å². The molecule has 1 aromatic rings. The maximum atomic E-state index is 11.6. The third-order valence-electron chi connectivity index (χ3n) is 2.20. The molecule has 0 bridgehead atoms. The number of aliphatic hydroxyl groups excluding tert-OH is 1. The summed E-state index contributed by atoms with van der Waals surface area (Å²) in [6, 6.07) is 7.34. The highest BCUT2D eigenvalue weighted by Crippen LogP contribution is 2.15. The summed E-state index contributed by atoms with van der Waals surface area (Å²) in [4.78, 5) is 11.6. The van der Waals surface area contributed by atoms with Crippen LogP contribution in [0, 0.1) is 5.92 Å². The molecule has 1 atom stereocenters. The number of hydrogen-bond donors (Lipinski definition) is 2. The lowest BCUT2D eigenvalue weighted by molar-refractivity contribution is -0.121. The van der Waals surface area contributed by atoms with Crippen molar-refractivity contribution in [2.75, 3.05) is 11.9 Å². The monoisotopic (exact) mass is 271 g/mol. The lowest BCUT2D eigenvalue weighted by Gasteiger charge is -2.11. The van der Waals surface area contributed by atoms with Crippen molar-refractivity contribution in [1.82, 2.24) is 0 Å². The van der Waals surface area contributed by atoms with E-state index in [4.69, 9.17) is 5.11 Å². The number of anilines is 1. The van der Waals surface area contributed by atoms with Crippen molar-refractivity contribution in [3.05, 3.63) is 28.7 Å². The molecule has 1 unspecified atom stereocenters. The van der Waals surface area contributed by atoms with E-state index in [0.29, 0.717) is 6.42 Å². The largest absolute Gasteiger partial charge is 0.396 e. The normalized spacial score (nSPS) is 12.2. The van der Waals surface area contributed by atoms with Crippen LogP contribution in [0.15, 0.2) is 28.7 Å². The van der Waals surface area contributed by atoms with E-state index in [1.807, 2.05) is 31.2 Å². The van der Waals surface area contributed by atoms with Gasteiger partial charge in [-0.25, -0.2) is 0 Å². The quantitative estimate of drug-likeness (QED) is 0.884. The molecule has 0 aliphatic heterocycles. The fourth-order valence-corrected chi connectivity index (χ4v) is 1.44. The molecule has 0 radical (unpaired) electrons. The Labute approximate surface area is 97.6 Å². The molecule has 82 valence electrons. The van der Waals surface area contributed by atoms with Crippen LogP contribution < -0.4 is 5.32 Å². The Hall–Kier alpha value is -0.870. The maximum absolute atomic E-state index is 11.6. The van der Waals surface area contributed by atoms with Gasteiger partial charge in [-0.05, 0) is 30.7 Å². The van der Waals surface area contributed by atoms with Gasteiger partial charge in [0.15, 0.2) is 0 Å². The highest BCUT2D eigenvalue weighted by Gasteiger charge is 2.14. The summed E-state index contributed by atoms with van der Waals surface area (Å²) < 4.78 is 0.967. The summed E-state index contributed by atoms with van der Waals surface area (Å²) in [5.74, 6) is -0.462. The van der Waals surface area contributed by atoms with Gasteiger partial charge in [-0.2, -0.15) is 0 Å². The molecular weight excluding hydrogens is 258 g/mol. The molecule has 2 N–H and O–H groups in total. The smallest absolute Gasteiger partial charge is 0.229 e. The second-order valence-corrected chi connectivity index (χ2v) is 4.20. The minimum Gasteiger partial charge on any atom is -0.396 e. The van der Waals surface area contributed by atoms with Crippen LogP contribution in [-0.2, 0) is 4.79 Å². The number of benzene rings is 1. The van der Waals surface area contributed by atoms with Crippen LogP contribution in [0.4, 0.5) is 5.69 Å². The number of rotatable bonds is 4. The molecule has 15 heavy (non-hydrogen) atoms. The Balaban J connectivity index is 2.61. The fourth-order valence-electron chi connectivity index (χ4n) is 1.17. The Morgan fingerprint density at radius 1 is 1.47 bits per heavy atom. The van der Waals surface area contributed by atoms with Crippen LogP contribution in [0.3, 0.4) is 0 Å². The minimum absolute atomic E-state index is 0.112. The summed E-state index contributed by atoms with van der Waals surface area (Å²) in [5.41, 5.74) is 0.745. The lowest BCUT2D eigenvalue weighted by atomic mass is 10.1. The molecule has 1 aromatic carbocycles. The average molecular weight is 272 g/mol. The van der Waals surface area contributed by atoms with Gasteiger partial charge in [0.2, 0.25) is 5.91 Å². The molecule has 0 heterocycles. The molecule has 0 spiro atoms. The molecule has 0 aliphatic rings. The van der Waals surface area contributed by atoms with Crippen LogP contribution in [0.25, 0.3) is 0 Å². The van der Waals surface area contributed by atoms with Gasteiger partial charge in [0, 0.05) is 10.2 Å². The first-order valence-electron chi connectivity index (χ1n) is 4.84. The van der Waals surface area contributed by atoms with E-state index in [-0.39, 0.29) is 18.4 Å². The number of halogens is 1. The number of hydrogen-bond acceptors (Lipinski definition) is 2. The van der Waals surface area contributed by atoms with Gasteiger partial charge in [0.1, 0.15) is 0 Å². The van der Waals surface area contributed by atoms with Crippen LogP contribution in [-0.4, -0.2) is 17.6 Å². The molecular formula is C11H14BrNO2. The topological polar surface area (TPSA) is 49.3 Å². The first-order chi connectivity index (χ1) is 7.17. The van der Waals surface area contributed by atoms with E-state index in [1.165, 1.54) is 0 Å². The zero-order valence-corrected chi connectivity index (χ0v) is 10.1. The maximum Gasteiger partial charge on any atom is 0.229 e. The molecule has 1 amide bonds. The fraction of sp³-hybridized carbons (Fsp3) is 0.364. The number of carbonyl (C=O) groups excluding carboxylic acids is 1. The summed E-state index contributed by atoms with van der Waals surface area (Å²) in [6.07, 6.45) is 0.638. The number of aliphatic hydroxyl groups is 1. The summed E-state index contributed by atoms with van der Waals surface area (Å²) in [5, 5.41) is 11.7. The molecule has 0 aliphatic carbocycles. The Kier molecular flexibility index (Phi) is 4.78. The average Bonchev–Trinajstić information content (AvgIpc) is 2.23. The minimum atomic E-state index is -0.325. The van der Waals surface area contributed by atoms with Gasteiger partial charge >= 0.3 is 0 Å². The van der Waals surface area contributed by atoms with Gasteiger partial charge < -0.3 is 10.4 Å². The molecule has 0 aromatic heterocycles. The molecule has 3 nitrogen and oxygen atoms in total. The molecule has 4 heteroatoms. The standard InChI is InChI=1S/C11H14BrNO2/c1-2-8(7-14)11(15)13-10-5-3-9(12)4-6-10/h3-6,8,14H,2,7H2,1H3,(H,13,15). The Bertz CT molecular complexity index is 320. The zero-order chi connectivity index (χ0) is 11.3. The van der Waals surface area contributed by atoms with E-state index in [0.717, 1.165) is 10.2 Å². The second-order valence-electron chi connectivity index (χ2n) is 3.28. The summed E-state index contributed by atoms with van der Waals surface area (Å²) in [6.45, 7) is 1.76. The van der Waals surface area contributed by atoms with E-state index in [9.17, 15) is 4.79 Å². The van der Waals surface area contributed by atoms with Crippen molar-refractivity contribution in [1.29, 1.82) is 0 Å². The molecule has 0 saturated carbocycles.